The van der Waals surface area contributed by atoms with Crippen LogP contribution >= 0.6 is 23.2 Å². The number of carbonyl (C=O) groups is 2. The Morgan fingerprint density at radius 1 is 0.833 bits per heavy atom. The number of halogens is 2. The van der Waals surface area contributed by atoms with Crippen molar-refractivity contribution in [1.82, 2.24) is 19.5 Å². The average Bonchev–Trinajstić information content (AvgIpc) is 3.23. The fourth-order valence-electron chi connectivity index (χ4n) is 4.11. The van der Waals surface area contributed by atoms with E-state index < -0.39 is 0 Å². The van der Waals surface area contributed by atoms with Crippen LogP contribution in [0.2, 0.25) is 10.0 Å². The highest BCUT2D eigenvalue weighted by atomic mass is 35.5. The minimum Gasteiger partial charge on any atom is -0.480 e. The van der Waals surface area contributed by atoms with Gasteiger partial charge in [-0.3, -0.25) is 9.59 Å². The molecule has 3 aromatic heterocycles. The third-order valence-electron chi connectivity index (χ3n) is 5.89. The van der Waals surface area contributed by atoms with Gasteiger partial charge in [0.1, 0.15) is 5.65 Å². The van der Waals surface area contributed by atoms with Crippen LogP contribution in [0.25, 0.3) is 44.8 Å². The van der Waals surface area contributed by atoms with Gasteiger partial charge in [0.2, 0.25) is 5.88 Å². The second kappa shape index (κ2) is 9.53. The number of fused-ring (bicyclic) bond motifs is 1. The molecule has 0 saturated carbocycles. The number of pyridine rings is 1. The number of hydrogen-bond acceptors (Lipinski definition) is 6. The van der Waals surface area contributed by atoms with Gasteiger partial charge in [0.25, 0.3) is 0 Å². The number of rotatable bonds is 6. The number of methoxy groups -OCH3 is 1. The Bertz CT molecular complexity index is 1660. The van der Waals surface area contributed by atoms with E-state index in [4.69, 9.17) is 27.9 Å². The van der Waals surface area contributed by atoms with Gasteiger partial charge in [-0.15, -0.1) is 0 Å². The van der Waals surface area contributed by atoms with Crippen molar-refractivity contribution < 1.29 is 14.3 Å². The van der Waals surface area contributed by atoms with E-state index in [9.17, 15) is 9.59 Å². The van der Waals surface area contributed by atoms with Gasteiger partial charge in [0, 0.05) is 52.6 Å². The highest BCUT2D eigenvalue weighted by Gasteiger charge is 2.18. The van der Waals surface area contributed by atoms with Crippen LogP contribution in [-0.2, 0) is 7.05 Å². The van der Waals surface area contributed by atoms with Gasteiger partial charge >= 0.3 is 0 Å². The second-order valence-electron chi connectivity index (χ2n) is 7.99. The maximum Gasteiger partial charge on any atom is 0.224 e. The molecule has 3 heterocycles. The van der Waals surface area contributed by atoms with E-state index in [2.05, 4.69) is 15.0 Å². The van der Waals surface area contributed by atoms with Gasteiger partial charge in [-0.2, -0.15) is 0 Å². The summed E-state index contributed by atoms with van der Waals surface area (Å²) in [7, 11) is 3.27. The number of nitrogens with zero attached hydrogens (tertiary/aromatic N) is 4. The van der Waals surface area contributed by atoms with Gasteiger partial charge in [-0.1, -0.05) is 53.5 Å². The Morgan fingerprint density at radius 3 is 2.14 bits per heavy atom. The first kappa shape index (κ1) is 23.7. The second-order valence-corrected chi connectivity index (χ2v) is 8.75. The predicted molar refractivity (Wildman–Crippen MR) is 140 cm³/mol. The summed E-state index contributed by atoms with van der Waals surface area (Å²) in [5.41, 5.74) is 4.73. The fraction of sp³-hybridized carbons (Fsp3) is 0.0741. The van der Waals surface area contributed by atoms with Crippen molar-refractivity contribution in [3.05, 3.63) is 82.1 Å². The molecule has 2 aromatic carbocycles. The lowest BCUT2D eigenvalue weighted by Gasteiger charge is -2.14. The molecular weight excluding hydrogens is 499 g/mol. The maximum absolute atomic E-state index is 11.3. The quantitative estimate of drug-likeness (QED) is 0.246. The summed E-state index contributed by atoms with van der Waals surface area (Å²) in [4.78, 5) is 36.2. The van der Waals surface area contributed by atoms with Crippen LogP contribution in [-0.4, -0.2) is 39.2 Å². The van der Waals surface area contributed by atoms with Crippen LogP contribution in [0.15, 0.2) is 60.9 Å². The summed E-state index contributed by atoms with van der Waals surface area (Å²) in [6.45, 7) is 0. The van der Waals surface area contributed by atoms with E-state index in [1.807, 2.05) is 43.4 Å². The van der Waals surface area contributed by atoms with E-state index in [1.165, 1.54) is 7.11 Å². The molecule has 0 saturated heterocycles. The SMILES string of the molecule is COc1nc(-c2cccc(-c3cccc(-c4ncc5c(C=O)cn(C)c5n4)c3Cl)c2Cl)ccc1C=O. The van der Waals surface area contributed by atoms with Crippen LogP contribution in [0.4, 0.5) is 0 Å². The summed E-state index contributed by atoms with van der Waals surface area (Å²) >= 11 is 13.7. The van der Waals surface area contributed by atoms with E-state index in [1.54, 1.807) is 29.1 Å². The molecule has 0 aliphatic rings. The Hall–Kier alpha value is -4.07. The lowest BCUT2D eigenvalue weighted by molar-refractivity contribution is 0.111. The summed E-state index contributed by atoms with van der Waals surface area (Å²) in [5, 5.41) is 1.55. The van der Waals surface area contributed by atoms with Gasteiger partial charge in [-0.05, 0) is 18.2 Å². The Morgan fingerprint density at radius 2 is 1.47 bits per heavy atom. The molecule has 0 radical (unpaired) electrons. The van der Waals surface area contributed by atoms with Crippen molar-refractivity contribution in [2.24, 2.45) is 7.05 Å². The molecule has 0 bridgehead atoms. The Kier molecular flexibility index (Phi) is 6.26. The molecule has 0 aliphatic heterocycles. The zero-order chi connectivity index (χ0) is 25.4. The molecule has 5 rings (SSSR count). The zero-order valence-electron chi connectivity index (χ0n) is 19.2. The number of hydrogen-bond donors (Lipinski definition) is 0. The van der Waals surface area contributed by atoms with Crippen LogP contribution in [0.3, 0.4) is 0 Å². The minimum atomic E-state index is 0.218. The molecular formula is C27H18Cl2N4O3. The lowest BCUT2D eigenvalue weighted by atomic mass is 9.99. The van der Waals surface area contributed by atoms with E-state index >= 15 is 0 Å². The van der Waals surface area contributed by atoms with Crippen molar-refractivity contribution in [3.8, 4) is 39.7 Å². The maximum atomic E-state index is 11.3. The van der Waals surface area contributed by atoms with E-state index in [0.717, 1.165) is 6.29 Å². The normalized spacial score (nSPS) is 11.0. The number of carbonyl (C=O) groups excluding carboxylic acids is 2. The molecule has 9 heteroatoms. The van der Waals surface area contributed by atoms with Gasteiger partial charge < -0.3 is 9.30 Å². The molecule has 0 spiro atoms. The van der Waals surface area contributed by atoms with Crippen molar-refractivity contribution in [2.45, 2.75) is 0 Å². The van der Waals surface area contributed by atoms with Crippen molar-refractivity contribution >= 4 is 46.8 Å². The van der Waals surface area contributed by atoms with Crippen LogP contribution in [0, 0.1) is 0 Å². The zero-order valence-corrected chi connectivity index (χ0v) is 20.7. The van der Waals surface area contributed by atoms with E-state index in [-0.39, 0.29) is 5.88 Å². The summed E-state index contributed by atoms with van der Waals surface area (Å²) in [5.74, 6) is 0.645. The highest BCUT2D eigenvalue weighted by molar-refractivity contribution is 6.39. The number of aryl methyl sites for hydroxylation is 1. The first-order chi connectivity index (χ1) is 17.5. The van der Waals surface area contributed by atoms with Crippen LogP contribution in [0.1, 0.15) is 20.7 Å². The van der Waals surface area contributed by atoms with Crippen molar-refractivity contribution in [1.29, 1.82) is 0 Å². The molecule has 36 heavy (non-hydrogen) atoms. The monoisotopic (exact) mass is 516 g/mol. The first-order valence-electron chi connectivity index (χ1n) is 10.8. The lowest BCUT2D eigenvalue weighted by Crippen LogP contribution is -1.97. The van der Waals surface area contributed by atoms with Crippen molar-refractivity contribution in [2.75, 3.05) is 7.11 Å². The predicted octanol–water partition coefficient (Wildman–Crippen LogP) is 6.30. The molecule has 0 fully saturated rings. The molecule has 178 valence electrons. The molecule has 0 aliphatic carbocycles. The Balaban J connectivity index is 1.62. The van der Waals surface area contributed by atoms with Gasteiger partial charge in [-0.25, -0.2) is 15.0 Å². The van der Waals surface area contributed by atoms with Gasteiger partial charge in [0.05, 0.1) is 28.4 Å². The molecule has 5 aromatic rings. The Labute approximate surface area is 216 Å². The van der Waals surface area contributed by atoms with Gasteiger partial charge in [0.15, 0.2) is 18.4 Å². The standard InChI is InChI=1S/C27H18Cl2N4O3/c1-33-12-16(14-35)21-11-30-25(32-26(21)33)20-8-4-6-18(24(20)29)17-5-3-7-19(23(17)28)22-10-9-15(13-34)27(31-22)36-2/h3-14H,1-2H3. The number of benzene rings is 2. The third kappa shape index (κ3) is 3.92. The molecule has 0 N–H and O–H groups in total. The van der Waals surface area contributed by atoms with Crippen LogP contribution in [0.5, 0.6) is 5.88 Å². The smallest absolute Gasteiger partial charge is 0.224 e. The number of ether oxygens (including phenoxy) is 1. The molecule has 0 amide bonds. The highest BCUT2D eigenvalue weighted by Crippen LogP contribution is 2.42. The average molecular weight is 517 g/mol. The molecule has 7 nitrogen and oxygen atoms in total. The summed E-state index contributed by atoms with van der Waals surface area (Å²) in [6, 6.07) is 14.5. The summed E-state index contributed by atoms with van der Waals surface area (Å²) in [6.07, 6.45) is 4.81. The molecule has 0 atom stereocenters. The van der Waals surface area contributed by atoms with Crippen LogP contribution < -0.4 is 4.74 Å². The largest absolute Gasteiger partial charge is 0.480 e. The topological polar surface area (TPSA) is 87.0 Å². The minimum absolute atomic E-state index is 0.218. The number of aldehydes is 2. The fourth-order valence-corrected chi connectivity index (χ4v) is 4.75. The number of aromatic nitrogens is 4. The van der Waals surface area contributed by atoms with E-state index in [0.29, 0.717) is 72.3 Å². The molecule has 0 unspecified atom stereocenters. The summed E-state index contributed by atoms with van der Waals surface area (Å²) < 4.78 is 7.02. The third-order valence-corrected chi connectivity index (χ3v) is 6.70. The first-order valence-corrected chi connectivity index (χ1v) is 11.6. The van der Waals surface area contributed by atoms with Crippen molar-refractivity contribution in [3.63, 3.8) is 0 Å².